The lowest BCUT2D eigenvalue weighted by Gasteiger charge is -2.13. The highest BCUT2D eigenvalue weighted by molar-refractivity contribution is 5.81. The summed E-state index contributed by atoms with van der Waals surface area (Å²) in [4.78, 5) is 11.3. The highest BCUT2D eigenvalue weighted by Crippen LogP contribution is 1.88. The Labute approximate surface area is 73.7 Å². The number of nitrogens with one attached hydrogen (secondary N) is 2. The first-order valence-electron chi connectivity index (χ1n) is 4.20. The summed E-state index contributed by atoms with van der Waals surface area (Å²) in [5.74, 6) is 0.0389. The van der Waals surface area contributed by atoms with Gasteiger partial charge in [0.05, 0.1) is 12.6 Å². The van der Waals surface area contributed by atoms with Crippen LogP contribution in [0.25, 0.3) is 0 Å². The van der Waals surface area contributed by atoms with Crippen LogP contribution in [0.2, 0.25) is 0 Å². The number of amides is 1. The SMILES string of the molecule is CC[C@H](NC)C(=O)NCCOC. The fourth-order valence-electron chi connectivity index (χ4n) is 0.920. The molecule has 0 rings (SSSR count). The van der Waals surface area contributed by atoms with Gasteiger partial charge in [-0.25, -0.2) is 0 Å². The Balaban J connectivity index is 3.54. The summed E-state index contributed by atoms with van der Waals surface area (Å²) in [6.07, 6.45) is 0.801. The average Bonchev–Trinajstić information content (AvgIpc) is 2.07. The summed E-state index contributed by atoms with van der Waals surface area (Å²) in [6.45, 7) is 3.11. The summed E-state index contributed by atoms with van der Waals surface area (Å²) >= 11 is 0. The quantitative estimate of drug-likeness (QED) is 0.546. The molecular formula is C8H18N2O2. The van der Waals surface area contributed by atoms with Gasteiger partial charge >= 0.3 is 0 Å². The van der Waals surface area contributed by atoms with Gasteiger partial charge in [-0.15, -0.1) is 0 Å². The summed E-state index contributed by atoms with van der Waals surface area (Å²) < 4.78 is 4.80. The Morgan fingerprint density at radius 3 is 2.67 bits per heavy atom. The predicted octanol–water partition coefficient (Wildman–Crippen LogP) is -0.253. The summed E-state index contributed by atoms with van der Waals surface area (Å²) in [5, 5.41) is 5.68. The number of rotatable bonds is 6. The Morgan fingerprint density at radius 2 is 2.25 bits per heavy atom. The Bertz CT molecular complexity index is 124. The van der Waals surface area contributed by atoms with Crippen LogP contribution in [0.1, 0.15) is 13.3 Å². The van der Waals surface area contributed by atoms with Crippen molar-refractivity contribution in [3.63, 3.8) is 0 Å². The van der Waals surface area contributed by atoms with Crippen molar-refractivity contribution in [2.24, 2.45) is 0 Å². The molecule has 0 saturated carbocycles. The standard InChI is InChI=1S/C8H18N2O2/c1-4-7(9-2)8(11)10-5-6-12-3/h7,9H,4-6H2,1-3H3,(H,10,11)/t7-/m0/s1. The molecule has 72 valence electrons. The largest absolute Gasteiger partial charge is 0.383 e. The first-order valence-corrected chi connectivity index (χ1v) is 4.20. The Morgan fingerprint density at radius 1 is 1.58 bits per heavy atom. The van der Waals surface area contributed by atoms with Crippen molar-refractivity contribution in [3.8, 4) is 0 Å². The van der Waals surface area contributed by atoms with Crippen LogP contribution >= 0.6 is 0 Å². The number of carbonyl (C=O) groups is 1. The monoisotopic (exact) mass is 174 g/mol. The molecule has 1 atom stereocenters. The molecule has 1 amide bonds. The zero-order valence-corrected chi connectivity index (χ0v) is 8.02. The maximum Gasteiger partial charge on any atom is 0.237 e. The normalized spacial score (nSPS) is 12.6. The zero-order valence-electron chi connectivity index (χ0n) is 8.02. The smallest absolute Gasteiger partial charge is 0.237 e. The van der Waals surface area contributed by atoms with Crippen molar-refractivity contribution >= 4 is 5.91 Å². The van der Waals surface area contributed by atoms with E-state index in [9.17, 15) is 4.79 Å². The van der Waals surface area contributed by atoms with Gasteiger partial charge in [-0.3, -0.25) is 4.79 Å². The van der Waals surface area contributed by atoms with Gasteiger partial charge in [0.2, 0.25) is 5.91 Å². The number of likely N-dealkylation sites (N-methyl/N-ethyl adjacent to an activating group) is 1. The van der Waals surface area contributed by atoms with Crippen LogP contribution in [0, 0.1) is 0 Å². The minimum atomic E-state index is -0.0816. The second-order valence-electron chi connectivity index (χ2n) is 2.53. The topological polar surface area (TPSA) is 50.4 Å². The second-order valence-corrected chi connectivity index (χ2v) is 2.53. The van der Waals surface area contributed by atoms with Gasteiger partial charge < -0.3 is 15.4 Å². The van der Waals surface area contributed by atoms with Crippen LogP contribution in [0.5, 0.6) is 0 Å². The molecule has 0 unspecified atom stereocenters. The molecule has 0 aromatic rings. The van der Waals surface area contributed by atoms with E-state index in [0.717, 1.165) is 6.42 Å². The molecule has 0 fully saturated rings. The summed E-state index contributed by atoms with van der Waals surface area (Å²) in [7, 11) is 3.39. The number of carbonyl (C=O) groups excluding carboxylic acids is 1. The van der Waals surface area contributed by atoms with E-state index < -0.39 is 0 Å². The molecule has 0 radical (unpaired) electrons. The van der Waals surface area contributed by atoms with Crippen LogP contribution in [-0.2, 0) is 9.53 Å². The Hall–Kier alpha value is -0.610. The maximum atomic E-state index is 11.3. The number of hydrogen-bond acceptors (Lipinski definition) is 3. The average molecular weight is 174 g/mol. The van der Waals surface area contributed by atoms with Crippen molar-refractivity contribution in [3.05, 3.63) is 0 Å². The van der Waals surface area contributed by atoms with Gasteiger partial charge in [0.25, 0.3) is 0 Å². The zero-order chi connectivity index (χ0) is 9.40. The van der Waals surface area contributed by atoms with Crippen molar-refractivity contribution in [1.29, 1.82) is 0 Å². The number of methoxy groups -OCH3 is 1. The van der Waals surface area contributed by atoms with Crippen LogP contribution < -0.4 is 10.6 Å². The molecule has 0 saturated heterocycles. The van der Waals surface area contributed by atoms with Crippen LogP contribution in [0.15, 0.2) is 0 Å². The van der Waals surface area contributed by atoms with E-state index in [0.29, 0.717) is 13.2 Å². The third kappa shape index (κ3) is 4.31. The number of ether oxygens (including phenoxy) is 1. The first kappa shape index (κ1) is 11.4. The molecule has 0 heterocycles. The molecule has 0 aliphatic carbocycles. The summed E-state index contributed by atoms with van der Waals surface area (Å²) in [5.41, 5.74) is 0. The first-order chi connectivity index (χ1) is 5.76. The molecule has 0 aliphatic rings. The minimum Gasteiger partial charge on any atom is -0.383 e. The lowest BCUT2D eigenvalue weighted by Crippen LogP contribution is -2.43. The van der Waals surface area contributed by atoms with Gasteiger partial charge in [0.1, 0.15) is 0 Å². The fraction of sp³-hybridized carbons (Fsp3) is 0.875. The van der Waals surface area contributed by atoms with Crippen molar-refractivity contribution in [2.75, 3.05) is 27.3 Å². The van der Waals surface area contributed by atoms with Crippen molar-refractivity contribution in [1.82, 2.24) is 10.6 Å². The van der Waals surface area contributed by atoms with E-state index >= 15 is 0 Å². The van der Waals surface area contributed by atoms with Gasteiger partial charge in [0, 0.05) is 13.7 Å². The molecular weight excluding hydrogens is 156 g/mol. The highest BCUT2D eigenvalue weighted by atomic mass is 16.5. The molecule has 4 nitrogen and oxygen atoms in total. The molecule has 0 aliphatic heterocycles. The lowest BCUT2D eigenvalue weighted by atomic mass is 10.2. The van der Waals surface area contributed by atoms with Gasteiger partial charge in [-0.1, -0.05) is 6.92 Å². The minimum absolute atomic E-state index is 0.0389. The Kier molecular flexibility index (Phi) is 6.70. The third-order valence-corrected chi connectivity index (χ3v) is 1.68. The van der Waals surface area contributed by atoms with E-state index in [4.69, 9.17) is 4.74 Å². The van der Waals surface area contributed by atoms with Crippen molar-refractivity contribution < 1.29 is 9.53 Å². The van der Waals surface area contributed by atoms with E-state index in [1.807, 2.05) is 6.92 Å². The van der Waals surface area contributed by atoms with Crippen LogP contribution in [-0.4, -0.2) is 39.3 Å². The molecule has 4 heteroatoms. The summed E-state index contributed by atoms with van der Waals surface area (Å²) in [6, 6.07) is -0.0816. The van der Waals surface area contributed by atoms with Gasteiger partial charge in [0.15, 0.2) is 0 Å². The fourth-order valence-corrected chi connectivity index (χ4v) is 0.920. The second kappa shape index (κ2) is 7.06. The molecule has 2 N–H and O–H groups in total. The van der Waals surface area contributed by atoms with E-state index in [1.54, 1.807) is 14.2 Å². The molecule has 12 heavy (non-hydrogen) atoms. The highest BCUT2D eigenvalue weighted by Gasteiger charge is 2.11. The maximum absolute atomic E-state index is 11.3. The van der Waals surface area contributed by atoms with Gasteiger partial charge in [-0.05, 0) is 13.5 Å². The van der Waals surface area contributed by atoms with Crippen molar-refractivity contribution in [2.45, 2.75) is 19.4 Å². The van der Waals surface area contributed by atoms with Crippen LogP contribution in [0.4, 0.5) is 0 Å². The third-order valence-electron chi connectivity index (χ3n) is 1.68. The van der Waals surface area contributed by atoms with Crippen LogP contribution in [0.3, 0.4) is 0 Å². The van der Waals surface area contributed by atoms with Gasteiger partial charge in [-0.2, -0.15) is 0 Å². The van der Waals surface area contributed by atoms with E-state index in [-0.39, 0.29) is 11.9 Å². The lowest BCUT2D eigenvalue weighted by molar-refractivity contribution is -0.123. The molecule has 0 spiro atoms. The predicted molar refractivity (Wildman–Crippen MR) is 48.0 cm³/mol. The molecule has 0 aromatic heterocycles. The number of hydrogen-bond donors (Lipinski definition) is 2. The van der Waals surface area contributed by atoms with E-state index in [1.165, 1.54) is 0 Å². The molecule has 0 bridgehead atoms. The van der Waals surface area contributed by atoms with E-state index in [2.05, 4.69) is 10.6 Å². The molecule has 0 aromatic carbocycles.